The van der Waals surface area contributed by atoms with Crippen LogP contribution in [0.25, 0.3) is 0 Å². The lowest BCUT2D eigenvalue weighted by atomic mass is 10.4. The van der Waals surface area contributed by atoms with Crippen LogP contribution < -0.4 is 0 Å². The van der Waals surface area contributed by atoms with Gasteiger partial charge in [-0.1, -0.05) is 11.8 Å². The lowest BCUT2D eigenvalue weighted by molar-refractivity contribution is -0.110. The van der Waals surface area contributed by atoms with E-state index in [-0.39, 0.29) is 18.0 Å². The second-order valence-corrected chi connectivity index (χ2v) is 4.64. The van der Waals surface area contributed by atoms with Crippen molar-refractivity contribution >= 4 is 26.0 Å². The van der Waals surface area contributed by atoms with Gasteiger partial charge >= 0.3 is 9.08 Å². The average molecular weight is 202 g/mol. The topological polar surface area (TPSA) is 17.1 Å². The molecule has 0 aliphatic rings. The van der Waals surface area contributed by atoms with Crippen molar-refractivity contribution in [2.75, 3.05) is 6.26 Å². The minimum atomic E-state index is -5.40. The van der Waals surface area contributed by atoms with Crippen molar-refractivity contribution in [3.05, 3.63) is 0 Å². The van der Waals surface area contributed by atoms with Crippen molar-refractivity contribution in [1.82, 2.24) is 0 Å². The quantitative estimate of drug-likeness (QED) is 0.514. The molecule has 0 bridgehead atoms. The number of carbonyl (C=O) groups excluding carboxylic acids is 1. The third-order valence-electron chi connectivity index (χ3n) is 1.07. The van der Waals surface area contributed by atoms with Crippen LogP contribution in [0.15, 0.2) is 0 Å². The van der Waals surface area contributed by atoms with E-state index in [2.05, 4.69) is 0 Å². The summed E-state index contributed by atoms with van der Waals surface area (Å²) in [5.74, 6) is 0. The summed E-state index contributed by atoms with van der Waals surface area (Å²) in [5.41, 5.74) is 0. The van der Waals surface area contributed by atoms with E-state index in [4.69, 9.17) is 0 Å². The molecule has 0 heterocycles. The zero-order chi connectivity index (χ0) is 8.91. The van der Waals surface area contributed by atoms with Gasteiger partial charge in [-0.25, -0.2) is 12.3 Å². The molecule has 1 nitrogen and oxygen atoms in total. The lowest BCUT2D eigenvalue weighted by Gasteiger charge is -1.99. The van der Waals surface area contributed by atoms with Gasteiger partial charge in [0.15, 0.2) is 5.12 Å². The highest BCUT2D eigenvalue weighted by molar-refractivity contribution is 8.13. The Balaban J connectivity index is 3.35. The number of hydrogen-bond acceptors (Lipinski definition) is 2. The summed E-state index contributed by atoms with van der Waals surface area (Å²) >= 11 is 0.985. The zero-order valence-electron chi connectivity index (χ0n) is 6.07. The summed E-state index contributed by atoms with van der Waals surface area (Å²) in [7, 11) is -5.40. The van der Waals surface area contributed by atoms with Gasteiger partial charge in [0.05, 0.1) is 0 Å². The van der Waals surface area contributed by atoms with E-state index in [0.29, 0.717) is 0 Å². The maximum Gasteiger partial charge on any atom is 0.616 e. The first kappa shape index (κ1) is 11.0. The van der Waals surface area contributed by atoms with E-state index < -0.39 is 15.1 Å². The van der Waals surface area contributed by atoms with E-state index in [0.717, 1.165) is 11.8 Å². The van der Waals surface area contributed by atoms with Crippen molar-refractivity contribution in [1.29, 1.82) is 0 Å². The first-order valence-electron chi connectivity index (χ1n) is 3.09. The second kappa shape index (κ2) is 4.81. The molecule has 0 aromatic heterocycles. The monoisotopic (exact) mass is 202 g/mol. The molecule has 0 atom stereocenters. The molecule has 0 aromatic carbocycles. The molecule has 0 aliphatic heterocycles. The maximum atomic E-state index is 11.6. The molecule has 0 rings (SSSR count). The third kappa shape index (κ3) is 7.93. The van der Waals surface area contributed by atoms with Gasteiger partial charge in [0.25, 0.3) is 0 Å². The zero-order valence-corrected chi connectivity index (χ0v) is 7.89. The fraction of sp³-hybridized carbons (Fsp3) is 0.800. The molecule has 11 heavy (non-hydrogen) atoms. The summed E-state index contributed by atoms with van der Waals surface area (Å²) in [6, 6.07) is -0.723. The van der Waals surface area contributed by atoms with Crippen LogP contribution in [0.1, 0.15) is 12.8 Å². The summed E-state index contributed by atoms with van der Waals surface area (Å²) < 4.78 is 34.9. The Bertz CT molecular complexity index is 136. The van der Waals surface area contributed by atoms with Gasteiger partial charge in [0, 0.05) is 12.5 Å². The molecule has 0 aromatic rings. The summed E-state index contributed by atoms with van der Waals surface area (Å²) in [6.07, 6.45) is 1.59. The molecule has 0 spiro atoms. The largest absolute Gasteiger partial charge is 0.616 e. The van der Waals surface area contributed by atoms with Crippen LogP contribution in [0.2, 0.25) is 6.04 Å². The van der Waals surface area contributed by atoms with Crippen LogP contribution in [0.4, 0.5) is 12.3 Å². The SMILES string of the molecule is CSC(=O)CCC[Si](F)(F)F. The van der Waals surface area contributed by atoms with E-state index in [1.165, 1.54) is 0 Å². The van der Waals surface area contributed by atoms with Crippen LogP contribution in [-0.2, 0) is 4.79 Å². The van der Waals surface area contributed by atoms with E-state index in [1.54, 1.807) is 6.26 Å². The fourth-order valence-corrected chi connectivity index (χ4v) is 1.46. The minimum absolute atomic E-state index is 0.0323. The highest BCUT2D eigenvalue weighted by Crippen LogP contribution is 2.18. The molecule has 0 N–H and O–H groups in total. The highest BCUT2D eigenvalue weighted by Gasteiger charge is 2.35. The number of rotatable bonds is 4. The summed E-state index contributed by atoms with van der Waals surface area (Å²) in [6.45, 7) is 0. The molecule has 0 saturated heterocycles. The van der Waals surface area contributed by atoms with E-state index in [1.807, 2.05) is 0 Å². The average Bonchev–Trinajstić information content (AvgIpc) is 1.85. The molecule has 0 saturated carbocycles. The smallest absolute Gasteiger partial charge is 0.287 e. The van der Waals surface area contributed by atoms with Gasteiger partial charge in [-0.05, 0) is 12.7 Å². The van der Waals surface area contributed by atoms with Gasteiger partial charge in [0.1, 0.15) is 0 Å². The molecule has 0 fully saturated rings. The van der Waals surface area contributed by atoms with Crippen LogP contribution in [-0.4, -0.2) is 20.4 Å². The molecule has 6 heteroatoms. The number of halogens is 3. The van der Waals surface area contributed by atoms with Crippen LogP contribution >= 0.6 is 11.8 Å². The highest BCUT2D eigenvalue weighted by atomic mass is 32.2. The third-order valence-corrected chi connectivity index (χ3v) is 2.65. The van der Waals surface area contributed by atoms with Crippen molar-refractivity contribution in [3.8, 4) is 0 Å². The Morgan fingerprint density at radius 1 is 1.45 bits per heavy atom. The number of carbonyl (C=O) groups is 1. The molecule has 66 valence electrons. The van der Waals surface area contributed by atoms with Gasteiger partial charge < -0.3 is 0 Å². The molecule has 0 aliphatic carbocycles. The van der Waals surface area contributed by atoms with Gasteiger partial charge in [-0.15, -0.1) is 0 Å². The van der Waals surface area contributed by atoms with E-state index in [9.17, 15) is 17.1 Å². The predicted molar refractivity (Wildman–Crippen MR) is 41.6 cm³/mol. The minimum Gasteiger partial charge on any atom is -0.287 e. The second-order valence-electron chi connectivity index (χ2n) is 2.04. The van der Waals surface area contributed by atoms with E-state index >= 15 is 0 Å². The first-order chi connectivity index (χ1) is 4.95. The first-order valence-corrected chi connectivity index (χ1v) is 6.16. The normalized spacial score (nSPS) is 11.6. The summed E-state index contributed by atoms with van der Waals surface area (Å²) in [4.78, 5) is 10.5. The number of hydrogen-bond donors (Lipinski definition) is 0. The maximum absolute atomic E-state index is 11.6. The van der Waals surface area contributed by atoms with Crippen LogP contribution in [0, 0.1) is 0 Å². The Morgan fingerprint density at radius 2 is 2.00 bits per heavy atom. The molecular formula is C5H9F3OSSi. The van der Waals surface area contributed by atoms with Gasteiger partial charge in [-0.2, -0.15) is 0 Å². The Kier molecular flexibility index (Phi) is 4.83. The Morgan fingerprint density at radius 3 is 2.36 bits per heavy atom. The molecule has 0 amide bonds. The van der Waals surface area contributed by atoms with Crippen molar-refractivity contribution < 1.29 is 17.1 Å². The van der Waals surface area contributed by atoms with Crippen molar-refractivity contribution in [2.45, 2.75) is 18.9 Å². The van der Waals surface area contributed by atoms with Crippen LogP contribution in [0.5, 0.6) is 0 Å². The molecular weight excluding hydrogens is 193 g/mol. The van der Waals surface area contributed by atoms with Gasteiger partial charge in [-0.3, -0.25) is 4.79 Å². The summed E-state index contributed by atoms with van der Waals surface area (Å²) in [5, 5.41) is -0.164. The number of thioether (sulfide) groups is 1. The lowest BCUT2D eigenvalue weighted by Crippen LogP contribution is -2.14. The predicted octanol–water partition coefficient (Wildman–Crippen LogP) is 2.50. The van der Waals surface area contributed by atoms with Crippen LogP contribution in [0.3, 0.4) is 0 Å². The Hall–Kier alpha value is 0.0269. The Labute approximate surface area is 68.9 Å². The molecule has 0 unspecified atom stereocenters. The van der Waals surface area contributed by atoms with Gasteiger partial charge in [0.2, 0.25) is 0 Å². The molecule has 0 radical (unpaired) electrons. The fourth-order valence-electron chi connectivity index (χ4n) is 0.535. The van der Waals surface area contributed by atoms with Crippen molar-refractivity contribution in [3.63, 3.8) is 0 Å². The standard InChI is InChI=1S/C5H9F3OSSi/c1-10-5(9)3-2-4-11(6,7)8/h2-4H2,1H3. The van der Waals surface area contributed by atoms with Crippen molar-refractivity contribution in [2.24, 2.45) is 0 Å².